The lowest BCUT2D eigenvalue weighted by atomic mass is 10.1. The van der Waals surface area contributed by atoms with E-state index >= 15 is 0 Å². The molecule has 0 bridgehead atoms. The third kappa shape index (κ3) is 4.02. The minimum absolute atomic E-state index is 0. The predicted octanol–water partition coefficient (Wildman–Crippen LogP) is 8.61. The molecule has 182 valence electrons. The number of rotatable bonds is 4. The van der Waals surface area contributed by atoms with E-state index in [1.807, 2.05) is 60.7 Å². The van der Waals surface area contributed by atoms with Crippen LogP contribution in [0.15, 0.2) is 133 Å². The molecule has 0 aliphatic rings. The van der Waals surface area contributed by atoms with Crippen LogP contribution in [0.3, 0.4) is 0 Å². The van der Waals surface area contributed by atoms with E-state index in [0.717, 1.165) is 22.4 Å². The summed E-state index contributed by atoms with van der Waals surface area (Å²) in [6.07, 6.45) is 0. The van der Waals surface area contributed by atoms with Crippen molar-refractivity contribution in [3.63, 3.8) is 0 Å². The summed E-state index contributed by atoms with van der Waals surface area (Å²) >= 11 is 0. The first-order valence-electron chi connectivity index (χ1n) is 12.3. The highest BCUT2D eigenvalue weighted by Crippen LogP contribution is 2.32. The Morgan fingerprint density at radius 3 is 1.18 bits per heavy atom. The molecule has 0 spiro atoms. The van der Waals surface area contributed by atoms with Gasteiger partial charge in [0.25, 0.3) is 0 Å². The van der Waals surface area contributed by atoms with Crippen LogP contribution in [0.1, 0.15) is 7.43 Å². The molecule has 2 aromatic heterocycles. The van der Waals surface area contributed by atoms with E-state index in [4.69, 9.17) is 15.0 Å². The van der Waals surface area contributed by atoms with Crippen molar-refractivity contribution in [1.82, 2.24) is 19.5 Å². The lowest BCUT2D eigenvalue weighted by Crippen LogP contribution is -2.00. The van der Waals surface area contributed by atoms with Crippen molar-refractivity contribution in [3.8, 4) is 39.9 Å². The van der Waals surface area contributed by atoms with Crippen molar-refractivity contribution in [2.45, 2.75) is 7.43 Å². The first kappa shape index (κ1) is 23.3. The zero-order valence-electron chi connectivity index (χ0n) is 20.0. The van der Waals surface area contributed by atoms with Gasteiger partial charge in [-0.15, -0.1) is 0 Å². The number of hydrogen-bond acceptors (Lipinski definition) is 3. The molecule has 0 saturated carbocycles. The van der Waals surface area contributed by atoms with E-state index in [1.165, 1.54) is 21.8 Å². The van der Waals surface area contributed by atoms with Crippen LogP contribution in [0.25, 0.3) is 61.7 Å². The van der Waals surface area contributed by atoms with Gasteiger partial charge >= 0.3 is 0 Å². The molecule has 7 rings (SSSR count). The van der Waals surface area contributed by atoms with Gasteiger partial charge in [-0.3, -0.25) is 0 Å². The molecule has 38 heavy (non-hydrogen) atoms. The van der Waals surface area contributed by atoms with E-state index < -0.39 is 0 Å². The maximum Gasteiger partial charge on any atom is 0.164 e. The normalized spacial score (nSPS) is 10.9. The van der Waals surface area contributed by atoms with Gasteiger partial charge in [0.05, 0.1) is 11.0 Å². The molecule has 0 fully saturated rings. The van der Waals surface area contributed by atoms with Crippen LogP contribution >= 0.6 is 0 Å². The highest BCUT2D eigenvalue weighted by Gasteiger charge is 2.14. The van der Waals surface area contributed by atoms with Crippen molar-refractivity contribution < 1.29 is 0 Å². The van der Waals surface area contributed by atoms with E-state index in [0.29, 0.717) is 17.5 Å². The summed E-state index contributed by atoms with van der Waals surface area (Å²) in [4.78, 5) is 14.5. The first-order chi connectivity index (χ1) is 18.3. The molecule has 0 unspecified atom stereocenters. The van der Waals surface area contributed by atoms with Gasteiger partial charge in [0.1, 0.15) is 0 Å². The van der Waals surface area contributed by atoms with Crippen LogP contribution in [-0.4, -0.2) is 19.5 Å². The maximum absolute atomic E-state index is 4.86. The summed E-state index contributed by atoms with van der Waals surface area (Å²) in [5, 5.41) is 2.50. The first-order valence-corrected chi connectivity index (χ1v) is 12.3. The molecule has 0 atom stereocenters. The van der Waals surface area contributed by atoms with E-state index in [9.17, 15) is 0 Å². The van der Waals surface area contributed by atoms with Gasteiger partial charge in [0.15, 0.2) is 17.5 Å². The molecule has 2 heterocycles. The average Bonchev–Trinajstić information content (AvgIpc) is 3.32. The molecule has 4 heteroatoms. The van der Waals surface area contributed by atoms with Crippen LogP contribution in [0.2, 0.25) is 0 Å². The average molecular weight is 491 g/mol. The minimum atomic E-state index is 0. The van der Waals surface area contributed by atoms with Crippen molar-refractivity contribution in [3.05, 3.63) is 133 Å². The summed E-state index contributed by atoms with van der Waals surface area (Å²) in [5.74, 6) is 1.98. The van der Waals surface area contributed by atoms with E-state index in [1.54, 1.807) is 0 Å². The van der Waals surface area contributed by atoms with E-state index in [-0.39, 0.29) is 7.43 Å². The van der Waals surface area contributed by atoms with Gasteiger partial charge in [0, 0.05) is 33.2 Å². The molecule has 0 saturated heterocycles. The highest BCUT2D eigenvalue weighted by atomic mass is 15.0. The zero-order chi connectivity index (χ0) is 24.6. The Bertz CT molecular complexity index is 1740. The molecular weight excluding hydrogens is 464 g/mol. The summed E-state index contributed by atoms with van der Waals surface area (Å²) < 4.78 is 2.31. The third-order valence-corrected chi connectivity index (χ3v) is 6.66. The van der Waals surface area contributed by atoms with Gasteiger partial charge in [-0.2, -0.15) is 0 Å². The number of aromatic nitrogens is 4. The summed E-state index contributed by atoms with van der Waals surface area (Å²) in [5.41, 5.74) is 6.35. The minimum Gasteiger partial charge on any atom is -0.309 e. The molecule has 0 radical (unpaired) electrons. The second kappa shape index (κ2) is 9.75. The van der Waals surface area contributed by atoms with Crippen LogP contribution in [0.4, 0.5) is 0 Å². The molecule has 0 N–H and O–H groups in total. The molecule has 0 aliphatic heterocycles. The quantitative estimate of drug-likeness (QED) is 0.248. The lowest BCUT2D eigenvalue weighted by molar-refractivity contribution is 1.07. The van der Waals surface area contributed by atoms with Crippen LogP contribution in [0.5, 0.6) is 0 Å². The fraction of sp³-hybridized carbons (Fsp3) is 0.0294. The molecule has 0 amide bonds. The van der Waals surface area contributed by atoms with Crippen LogP contribution in [0, 0.1) is 0 Å². The molecule has 0 aliphatic carbocycles. The number of hydrogen-bond donors (Lipinski definition) is 0. The fourth-order valence-electron chi connectivity index (χ4n) is 4.90. The van der Waals surface area contributed by atoms with Gasteiger partial charge in [-0.1, -0.05) is 104 Å². The number of para-hydroxylation sites is 2. The van der Waals surface area contributed by atoms with Gasteiger partial charge in [0.2, 0.25) is 0 Å². The molecular formula is C34H26N4. The fourth-order valence-corrected chi connectivity index (χ4v) is 4.90. The smallest absolute Gasteiger partial charge is 0.164 e. The van der Waals surface area contributed by atoms with Crippen LogP contribution in [-0.2, 0) is 0 Å². The third-order valence-electron chi connectivity index (χ3n) is 6.66. The topological polar surface area (TPSA) is 43.6 Å². The second-order valence-electron chi connectivity index (χ2n) is 8.95. The summed E-state index contributed by atoms with van der Waals surface area (Å²) in [7, 11) is 0. The largest absolute Gasteiger partial charge is 0.309 e. The lowest BCUT2D eigenvalue weighted by Gasteiger charge is -2.10. The number of benzene rings is 5. The Labute approximate surface area is 221 Å². The van der Waals surface area contributed by atoms with Crippen molar-refractivity contribution >= 4 is 21.8 Å². The SMILES string of the molecule is C.c1ccc(-c2nc(-c3ccccc3)nc(-c3ccc(-n4c5ccccc5c5ccccc54)cc3)n2)cc1. The maximum atomic E-state index is 4.86. The van der Waals surface area contributed by atoms with Crippen LogP contribution < -0.4 is 0 Å². The Kier molecular flexibility index (Phi) is 5.98. The second-order valence-corrected chi connectivity index (χ2v) is 8.95. The van der Waals surface area contributed by atoms with Crippen molar-refractivity contribution in [2.24, 2.45) is 0 Å². The Balaban J connectivity index is 0.00000264. The molecule has 4 nitrogen and oxygen atoms in total. The standard InChI is InChI=1S/C33H22N4.CH4/c1-3-11-23(12-4-1)31-34-32(24-13-5-2-6-14-24)36-33(35-31)25-19-21-26(22-20-25)37-29-17-9-7-15-27(29)28-16-8-10-18-30(28)37;/h1-22H;1H4. The number of fused-ring (bicyclic) bond motifs is 3. The van der Waals surface area contributed by atoms with E-state index in [2.05, 4.69) is 77.4 Å². The Hall–Kier alpha value is -5.09. The molecule has 7 aromatic rings. The Morgan fingerprint density at radius 1 is 0.368 bits per heavy atom. The summed E-state index contributed by atoms with van der Waals surface area (Å²) in [6.45, 7) is 0. The van der Waals surface area contributed by atoms with Gasteiger partial charge in [-0.25, -0.2) is 15.0 Å². The van der Waals surface area contributed by atoms with Crippen molar-refractivity contribution in [2.75, 3.05) is 0 Å². The predicted molar refractivity (Wildman–Crippen MR) is 157 cm³/mol. The van der Waals surface area contributed by atoms with Crippen molar-refractivity contribution in [1.29, 1.82) is 0 Å². The Morgan fingerprint density at radius 2 is 0.737 bits per heavy atom. The highest BCUT2D eigenvalue weighted by molar-refractivity contribution is 6.09. The van der Waals surface area contributed by atoms with Gasteiger partial charge in [-0.05, 0) is 36.4 Å². The monoisotopic (exact) mass is 490 g/mol. The molecule has 5 aromatic carbocycles. The zero-order valence-corrected chi connectivity index (χ0v) is 20.0. The summed E-state index contributed by atoms with van der Waals surface area (Å²) in [6, 6.07) is 45.7. The van der Waals surface area contributed by atoms with Gasteiger partial charge < -0.3 is 4.57 Å². The number of nitrogens with zero attached hydrogens (tertiary/aromatic N) is 4.